The van der Waals surface area contributed by atoms with E-state index in [1.165, 1.54) is 21.3 Å². The summed E-state index contributed by atoms with van der Waals surface area (Å²) in [7, 11) is 4.55. The number of benzene rings is 3. The van der Waals surface area contributed by atoms with E-state index in [-0.39, 0.29) is 17.9 Å². The minimum absolute atomic E-state index is 0.0776. The van der Waals surface area contributed by atoms with Gasteiger partial charge in [0.1, 0.15) is 16.7 Å². The summed E-state index contributed by atoms with van der Waals surface area (Å²) in [4.78, 5) is 28.0. The molecule has 0 aliphatic heterocycles. The van der Waals surface area contributed by atoms with Crippen molar-refractivity contribution < 1.29 is 23.5 Å². The Morgan fingerprint density at radius 2 is 1.76 bits per heavy atom. The molecule has 0 aliphatic rings. The Morgan fingerprint density at radius 1 is 0.976 bits per heavy atom. The molecule has 0 spiro atoms. The lowest BCUT2D eigenvalue weighted by Gasteiger charge is -2.15. The van der Waals surface area contributed by atoms with E-state index in [4.69, 9.17) is 18.7 Å². The van der Waals surface area contributed by atoms with Crippen molar-refractivity contribution in [1.82, 2.24) is 9.72 Å². The van der Waals surface area contributed by atoms with Crippen LogP contribution in [0, 0.1) is 6.92 Å². The predicted molar refractivity (Wildman–Crippen MR) is 164 cm³/mol. The Labute approximate surface area is 244 Å². The van der Waals surface area contributed by atoms with E-state index < -0.39 is 0 Å². The Balaban J connectivity index is 1.38. The molecular weight excluding hydrogens is 554 g/mol. The molecule has 0 bridgehead atoms. The lowest BCUT2D eigenvalue weighted by molar-refractivity contribution is -0.115. The second-order valence-corrected chi connectivity index (χ2v) is 10.6. The van der Waals surface area contributed by atoms with Gasteiger partial charge in [-0.3, -0.25) is 14.2 Å². The maximum atomic E-state index is 13.8. The Kier molecular flexibility index (Phi) is 7.13. The van der Waals surface area contributed by atoms with Gasteiger partial charge in [-0.05, 0) is 53.8 Å². The number of nitrogens with zero attached hydrogens (tertiary/aromatic N) is 2. The van der Waals surface area contributed by atoms with E-state index in [0.717, 1.165) is 21.4 Å². The molecule has 0 saturated heterocycles. The van der Waals surface area contributed by atoms with Crippen LogP contribution in [0.1, 0.15) is 11.3 Å². The topological polar surface area (TPSA) is 105 Å². The fraction of sp³-hybridized carbons (Fsp3) is 0.156. The van der Waals surface area contributed by atoms with Gasteiger partial charge in [-0.1, -0.05) is 29.4 Å². The summed E-state index contributed by atoms with van der Waals surface area (Å²) in [5, 5.41) is 10.4. The van der Waals surface area contributed by atoms with Crippen LogP contribution in [-0.4, -0.2) is 37.0 Å². The van der Waals surface area contributed by atoms with Crippen molar-refractivity contribution in [2.45, 2.75) is 13.3 Å². The first kappa shape index (κ1) is 27.1. The third-order valence-corrected chi connectivity index (χ3v) is 7.98. The molecule has 0 atom stereocenters. The second kappa shape index (κ2) is 11.1. The summed E-state index contributed by atoms with van der Waals surface area (Å²) >= 11 is 1.64. The number of carbonyl (C=O) groups excluding carboxylic acids is 1. The fourth-order valence-corrected chi connectivity index (χ4v) is 5.88. The summed E-state index contributed by atoms with van der Waals surface area (Å²) in [5.41, 5.74) is 3.89. The van der Waals surface area contributed by atoms with E-state index in [2.05, 4.69) is 16.5 Å². The van der Waals surface area contributed by atoms with Gasteiger partial charge >= 0.3 is 0 Å². The number of aromatic nitrogens is 2. The summed E-state index contributed by atoms with van der Waals surface area (Å²) in [6.45, 7) is 1.74. The predicted octanol–water partition coefficient (Wildman–Crippen LogP) is 6.38. The van der Waals surface area contributed by atoms with Crippen LogP contribution >= 0.6 is 11.3 Å². The van der Waals surface area contributed by atoms with Crippen LogP contribution < -0.4 is 25.1 Å². The van der Waals surface area contributed by atoms with Crippen molar-refractivity contribution in [2.75, 3.05) is 26.6 Å². The zero-order valence-corrected chi connectivity index (χ0v) is 24.2. The number of ether oxygens (including phenoxy) is 3. The Hall–Kier alpha value is -5.09. The SMILES string of the molecule is COc1cc(NC(=O)Cc2cccc(-n3c(=O)c4c(C)onc4c4cc(-c5cccs5)ccc43)c2)cc(OC)c1OC. The highest BCUT2D eigenvalue weighted by atomic mass is 32.1. The van der Waals surface area contributed by atoms with Gasteiger partial charge in [0.25, 0.3) is 5.56 Å². The van der Waals surface area contributed by atoms with Crippen molar-refractivity contribution in [3.8, 4) is 33.4 Å². The maximum Gasteiger partial charge on any atom is 0.268 e. The van der Waals surface area contributed by atoms with Crippen LogP contribution in [0.4, 0.5) is 5.69 Å². The minimum Gasteiger partial charge on any atom is -0.493 e. The van der Waals surface area contributed by atoms with Crippen LogP contribution in [0.2, 0.25) is 0 Å². The number of anilines is 1. The molecular formula is C32H27N3O6S. The highest BCUT2D eigenvalue weighted by Crippen LogP contribution is 2.40. The van der Waals surface area contributed by atoms with Crippen LogP contribution in [0.5, 0.6) is 17.2 Å². The molecule has 1 amide bonds. The molecule has 3 heterocycles. The number of carbonyl (C=O) groups is 1. The second-order valence-electron chi connectivity index (χ2n) is 9.62. The molecule has 1 N–H and O–H groups in total. The van der Waals surface area contributed by atoms with Gasteiger partial charge in [0.05, 0.1) is 33.3 Å². The average molecular weight is 582 g/mol. The largest absolute Gasteiger partial charge is 0.493 e. The minimum atomic E-state index is -0.246. The molecule has 6 rings (SSSR count). The first-order valence-electron chi connectivity index (χ1n) is 13.1. The molecule has 6 aromatic rings. The number of rotatable bonds is 8. The Bertz CT molecular complexity index is 1980. The van der Waals surface area contributed by atoms with Gasteiger partial charge in [0, 0.05) is 33.8 Å². The molecule has 0 radical (unpaired) electrons. The molecule has 0 saturated carbocycles. The van der Waals surface area contributed by atoms with Gasteiger partial charge in [-0.2, -0.15) is 0 Å². The Morgan fingerprint density at radius 3 is 2.45 bits per heavy atom. The smallest absolute Gasteiger partial charge is 0.268 e. The summed E-state index contributed by atoms with van der Waals surface area (Å²) in [6.07, 6.45) is 0.0776. The van der Waals surface area contributed by atoms with E-state index in [1.807, 2.05) is 53.9 Å². The van der Waals surface area contributed by atoms with Crippen LogP contribution in [0.25, 0.3) is 37.9 Å². The van der Waals surface area contributed by atoms with Gasteiger partial charge in [0.15, 0.2) is 11.5 Å². The standard InChI is InChI=1S/C32H27N3O6S/c1-18-29-30(34-41-18)23-15-20(27-9-6-12-42-27)10-11-24(23)35(32(29)37)22-8-5-7-19(13-22)14-28(36)33-21-16-25(38-2)31(40-4)26(17-21)39-3/h5-13,15-17H,14H2,1-4H3,(H,33,36). The first-order valence-corrected chi connectivity index (χ1v) is 14.0. The lowest BCUT2D eigenvalue weighted by atomic mass is 10.1. The monoisotopic (exact) mass is 581 g/mol. The van der Waals surface area contributed by atoms with Crippen LogP contribution in [0.15, 0.2) is 81.4 Å². The van der Waals surface area contributed by atoms with E-state index in [0.29, 0.717) is 50.8 Å². The number of fused-ring (bicyclic) bond motifs is 3. The fourth-order valence-electron chi connectivity index (χ4n) is 5.15. The maximum absolute atomic E-state index is 13.8. The van der Waals surface area contributed by atoms with Gasteiger partial charge in [0.2, 0.25) is 11.7 Å². The van der Waals surface area contributed by atoms with E-state index >= 15 is 0 Å². The third kappa shape index (κ3) is 4.75. The number of pyridine rings is 1. The molecule has 10 heteroatoms. The summed E-state index contributed by atoms with van der Waals surface area (Å²) in [5.74, 6) is 1.51. The number of hydrogen-bond donors (Lipinski definition) is 1. The van der Waals surface area contributed by atoms with Crippen molar-refractivity contribution in [2.24, 2.45) is 0 Å². The molecule has 42 heavy (non-hydrogen) atoms. The quantitative estimate of drug-likeness (QED) is 0.223. The van der Waals surface area contributed by atoms with Crippen LogP contribution in [0.3, 0.4) is 0 Å². The van der Waals surface area contributed by atoms with Crippen molar-refractivity contribution in [3.05, 3.63) is 93.8 Å². The normalized spacial score (nSPS) is 11.1. The summed E-state index contributed by atoms with van der Waals surface area (Å²) in [6, 6.07) is 20.7. The number of hydrogen-bond acceptors (Lipinski definition) is 8. The molecule has 0 unspecified atom stereocenters. The zero-order chi connectivity index (χ0) is 29.4. The van der Waals surface area contributed by atoms with Crippen molar-refractivity contribution >= 4 is 44.7 Å². The molecule has 3 aromatic heterocycles. The van der Waals surface area contributed by atoms with E-state index in [1.54, 1.807) is 35.0 Å². The van der Waals surface area contributed by atoms with Gasteiger partial charge < -0.3 is 24.1 Å². The molecule has 9 nitrogen and oxygen atoms in total. The molecule has 0 aliphatic carbocycles. The highest BCUT2D eigenvalue weighted by molar-refractivity contribution is 7.13. The lowest BCUT2D eigenvalue weighted by Crippen LogP contribution is -2.20. The zero-order valence-electron chi connectivity index (χ0n) is 23.4. The average Bonchev–Trinajstić information content (AvgIpc) is 3.67. The van der Waals surface area contributed by atoms with E-state index in [9.17, 15) is 9.59 Å². The van der Waals surface area contributed by atoms with Gasteiger partial charge in [-0.25, -0.2) is 0 Å². The van der Waals surface area contributed by atoms with Gasteiger partial charge in [-0.15, -0.1) is 11.3 Å². The van der Waals surface area contributed by atoms with Crippen LogP contribution in [-0.2, 0) is 11.2 Å². The van der Waals surface area contributed by atoms with Crippen molar-refractivity contribution in [1.29, 1.82) is 0 Å². The molecule has 212 valence electrons. The number of nitrogens with one attached hydrogen (secondary N) is 1. The first-order chi connectivity index (χ1) is 20.4. The third-order valence-electron chi connectivity index (χ3n) is 7.06. The number of amides is 1. The molecule has 3 aromatic carbocycles. The number of aryl methyl sites for hydroxylation is 1. The van der Waals surface area contributed by atoms with Crippen molar-refractivity contribution in [3.63, 3.8) is 0 Å². The summed E-state index contributed by atoms with van der Waals surface area (Å²) < 4.78 is 23.3. The highest BCUT2D eigenvalue weighted by Gasteiger charge is 2.20. The number of thiophene rings is 1. The number of methoxy groups -OCH3 is 3. The molecule has 0 fully saturated rings.